The van der Waals surface area contributed by atoms with Gasteiger partial charge in [0.25, 0.3) is 0 Å². The zero-order valence-corrected chi connectivity index (χ0v) is 19.9. The highest BCUT2D eigenvalue weighted by molar-refractivity contribution is 5.90. The number of aromatic nitrogens is 1. The number of carbonyl (C=O) groups is 1. The quantitative estimate of drug-likeness (QED) is 0.156. The summed E-state index contributed by atoms with van der Waals surface area (Å²) in [4.78, 5) is 19.9. The van der Waals surface area contributed by atoms with E-state index in [9.17, 15) is 9.18 Å². The molecule has 2 heterocycles. The highest BCUT2D eigenvalue weighted by atomic mass is 19.1. The number of halogens is 1. The third-order valence-electron chi connectivity index (χ3n) is 5.42. The van der Waals surface area contributed by atoms with Gasteiger partial charge in [-0.1, -0.05) is 13.0 Å². The zero-order chi connectivity index (χ0) is 25.2. The van der Waals surface area contributed by atoms with Crippen LogP contribution in [0.15, 0.2) is 60.6 Å². The number of ether oxygens (including phenoxy) is 1. The molecular weight excluding hydrogens is 451 g/mol. The van der Waals surface area contributed by atoms with Crippen molar-refractivity contribution in [1.29, 1.82) is 5.41 Å². The third-order valence-corrected chi connectivity index (χ3v) is 5.42. The van der Waals surface area contributed by atoms with E-state index in [1.54, 1.807) is 35.4 Å². The van der Waals surface area contributed by atoms with E-state index in [1.807, 2.05) is 20.0 Å². The normalized spacial score (nSPS) is 15.9. The largest absolute Gasteiger partial charge is 0.516 e. The summed E-state index contributed by atoms with van der Waals surface area (Å²) in [7, 11) is 1.81. The first-order valence-corrected chi connectivity index (χ1v) is 11.4. The molecule has 4 N–H and O–H groups in total. The Morgan fingerprint density at radius 1 is 1.40 bits per heavy atom. The number of amides is 1. The minimum Gasteiger partial charge on any atom is -0.516 e. The molecule has 0 bridgehead atoms. The molecule has 1 fully saturated rings. The molecule has 9 nitrogen and oxygen atoms in total. The summed E-state index contributed by atoms with van der Waals surface area (Å²) < 4.78 is 20.4. The third kappa shape index (κ3) is 6.95. The fourth-order valence-corrected chi connectivity index (χ4v) is 3.56. The zero-order valence-electron chi connectivity index (χ0n) is 19.9. The monoisotopic (exact) mass is 482 g/mol. The van der Waals surface area contributed by atoms with Gasteiger partial charge in [-0.3, -0.25) is 10.3 Å². The van der Waals surface area contributed by atoms with E-state index in [-0.39, 0.29) is 6.54 Å². The maximum atomic E-state index is 15.0. The average Bonchev–Trinajstić information content (AvgIpc) is 3.23. The maximum absolute atomic E-state index is 15.0. The Morgan fingerprint density at radius 2 is 2.23 bits per heavy atom. The minimum absolute atomic E-state index is 0.280. The second-order valence-corrected chi connectivity index (χ2v) is 8.01. The lowest BCUT2D eigenvalue weighted by molar-refractivity contribution is 0.142. The van der Waals surface area contributed by atoms with Crippen molar-refractivity contribution in [3.8, 4) is 11.1 Å². The van der Waals surface area contributed by atoms with Crippen LogP contribution in [0.5, 0.6) is 0 Å². The molecule has 0 radical (unpaired) electrons. The van der Waals surface area contributed by atoms with Gasteiger partial charge >= 0.3 is 6.09 Å². The van der Waals surface area contributed by atoms with Gasteiger partial charge in [0.2, 0.25) is 0 Å². The summed E-state index contributed by atoms with van der Waals surface area (Å²) in [5, 5.41) is 22.4. The number of carbonyl (C=O) groups excluding carboxylic acids is 1. The van der Waals surface area contributed by atoms with Gasteiger partial charge in [-0.2, -0.15) is 0 Å². The van der Waals surface area contributed by atoms with Gasteiger partial charge in [0.15, 0.2) is 0 Å². The Hall–Kier alpha value is -4.08. The number of pyridine rings is 1. The van der Waals surface area contributed by atoms with Gasteiger partial charge in [0.1, 0.15) is 17.7 Å². The first-order chi connectivity index (χ1) is 16.9. The number of aliphatic hydroxyl groups is 1. The van der Waals surface area contributed by atoms with Crippen LogP contribution in [0, 0.1) is 11.2 Å². The molecule has 1 aliphatic rings. The Balaban J connectivity index is 1.62. The van der Waals surface area contributed by atoms with Crippen LogP contribution in [-0.4, -0.2) is 66.8 Å². The van der Waals surface area contributed by atoms with E-state index < -0.39 is 18.0 Å². The van der Waals surface area contributed by atoms with Crippen LogP contribution in [0.1, 0.15) is 13.3 Å². The molecule has 0 aliphatic carbocycles. The van der Waals surface area contributed by atoms with E-state index in [0.717, 1.165) is 18.4 Å². The van der Waals surface area contributed by atoms with Crippen LogP contribution in [0.4, 0.5) is 20.7 Å². The number of cyclic esters (lactones) is 1. The first-order valence-electron chi connectivity index (χ1n) is 11.4. The number of hydrogen-bond acceptors (Lipinski definition) is 7. The number of allylic oxidation sites excluding steroid dienone is 2. The van der Waals surface area contributed by atoms with Crippen LogP contribution in [0.3, 0.4) is 0 Å². The molecule has 1 aromatic carbocycles. The molecule has 1 saturated heterocycles. The lowest BCUT2D eigenvalue weighted by Gasteiger charge is -2.15. The second kappa shape index (κ2) is 12.4. The molecule has 3 rings (SSSR count). The molecule has 1 aliphatic heterocycles. The maximum Gasteiger partial charge on any atom is 0.414 e. The Bertz CT molecular complexity index is 1070. The number of benzene rings is 1. The van der Waals surface area contributed by atoms with Crippen LogP contribution >= 0.6 is 0 Å². The van der Waals surface area contributed by atoms with Crippen molar-refractivity contribution in [2.45, 2.75) is 19.4 Å². The Kier molecular flexibility index (Phi) is 9.05. The fourth-order valence-electron chi connectivity index (χ4n) is 3.56. The molecule has 1 aromatic heterocycles. The summed E-state index contributed by atoms with van der Waals surface area (Å²) in [6.07, 6.45) is 7.06. The van der Waals surface area contributed by atoms with Crippen molar-refractivity contribution >= 4 is 23.9 Å². The number of anilines is 2. The Morgan fingerprint density at radius 3 is 2.89 bits per heavy atom. The van der Waals surface area contributed by atoms with E-state index in [4.69, 9.17) is 15.3 Å². The lowest BCUT2D eigenvalue weighted by atomic mass is 10.1. The summed E-state index contributed by atoms with van der Waals surface area (Å²) in [6, 6.07) is 8.19. The van der Waals surface area contributed by atoms with Crippen molar-refractivity contribution in [3.05, 3.63) is 66.5 Å². The number of nitrogens with zero attached hydrogens (tertiary/aromatic N) is 3. The van der Waals surface area contributed by atoms with Crippen molar-refractivity contribution in [1.82, 2.24) is 15.2 Å². The molecule has 0 saturated carbocycles. The second-order valence-electron chi connectivity index (χ2n) is 8.01. The first kappa shape index (κ1) is 25.5. The van der Waals surface area contributed by atoms with Crippen LogP contribution in [-0.2, 0) is 4.74 Å². The van der Waals surface area contributed by atoms with Gasteiger partial charge in [0.05, 0.1) is 31.4 Å². The summed E-state index contributed by atoms with van der Waals surface area (Å²) >= 11 is 0. The highest BCUT2D eigenvalue weighted by Gasteiger charge is 2.32. The van der Waals surface area contributed by atoms with Crippen molar-refractivity contribution in [3.63, 3.8) is 0 Å². The van der Waals surface area contributed by atoms with E-state index in [2.05, 4.69) is 15.6 Å². The topological polar surface area (TPSA) is 114 Å². The predicted octanol–water partition coefficient (Wildman–Crippen LogP) is 4.12. The number of aliphatic hydroxyl groups excluding tert-OH is 1. The smallest absolute Gasteiger partial charge is 0.414 e. The number of hydrogen-bond donors (Lipinski definition) is 4. The number of rotatable bonds is 12. The van der Waals surface area contributed by atoms with Crippen LogP contribution in [0.2, 0.25) is 0 Å². The van der Waals surface area contributed by atoms with E-state index >= 15 is 0 Å². The molecule has 2 aromatic rings. The van der Waals surface area contributed by atoms with Crippen molar-refractivity contribution in [2.24, 2.45) is 0 Å². The van der Waals surface area contributed by atoms with Crippen LogP contribution in [0.25, 0.3) is 11.1 Å². The summed E-state index contributed by atoms with van der Waals surface area (Å²) in [5.41, 5.74) is 2.15. The lowest BCUT2D eigenvalue weighted by Crippen LogP contribution is -2.30. The van der Waals surface area contributed by atoms with Crippen LogP contribution < -0.4 is 15.5 Å². The number of nitrogens with one attached hydrogen (secondary N) is 3. The van der Waals surface area contributed by atoms with Gasteiger partial charge < -0.3 is 25.4 Å². The SMILES string of the molecule is CC/C=C(\C=C/O)NCC1CN(c2ccc(-c3ccc(NCCN(C)C=N)nc3)c(F)c2)C(=O)O1. The van der Waals surface area contributed by atoms with Gasteiger partial charge in [0, 0.05) is 43.2 Å². The summed E-state index contributed by atoms with van der Waals surface area (Å²) in [5.74, 6) is 0.197. The average molecular weight is 483 g/mol. The molecule has 0 spiro atoms. The van der Waals surface area contributed by atoms with Gasteiger partial charge in [-0.15, -0.1) is 0 Å². The summed E-state index contributed by atoms with van der Waals surface area (Å²) in [6.45, 7) is 3.91. The van der Waals surface area contributed by atoms with E-state index in [1.165, 1.54) is 23.4 Å². The molecule has 186 valence electrons. The molecule has 10 heteroatoms. The highest BCUT2D eigenvalue weighted by Crippen LogP contribution is 2.29. The molecule has 1 unspecified atom stereocenters. The molecule has 1 amide bonds. The van der Waals surface area contributed by atoms with Gasteiger partial charge in [-0.25, -0.2) is 14.2 Å². The standard InChI is InChI=1S/C25H31FN6O3/c1-3-4-19(9-12-33)29-15-21-16-32(25(34)35-21)20-6-7-22(23(26)13-20)18-5-8-24(30-14-18)28-10-11-31(2)17-27/h4-9,12-14,17,21,27,29,33H,3,10-11,15-16H2,1-2H3,(H,28,30)/b12-9-,19-4+,27-17?. The molecule has 1 atom stereocenters. The fraction of sp³-hybridized carbons (Fsp3) is 0.320. The predicted molar refractivity (Wildman–Crippen MR) is 135 cm³/mol. The Labute approximate surface area is 204 Å². The number of likely N-dealkylation sites (N-methyl/N-ethyl adjacent to an activating group) is 1. The van der Waals surface area contributed by atoms with Crippen molar-refractivity contribution < 1.29 is 19.0 Å². The molecular formula is C25H31FN6O3. The molecule has 35 heavy (non-hydrogen) atoms. The van der Waals surface area contributed by atoms with Gasteiger partial charge in [-0.05, 0) is 42.8 Å². The minimum atomic E-state index is -0.534. The van der Waals surface area contributed by atoms with E-state index in [0.29, 0.717) is 42.3 Å². The van der Waals surface area contributed by atoms with Crippen molar-refractivity contribution in [2.75, 3.05) is 43.4 Å².